The molecule has 49 heavy (non-hydrogen) atoms. The van der Waals surface area contributed by atoms with Crippen molar-refractivity contribution in [1.82, 2.24) is 0 Å². The molecule has 8 rings (SSSR count). The van der Waals surface area contributed by atoms with Crippen LogP contribution in [0.1, 0.15) is 25.0 Å². The van der Waals surface area contributed by atoms with Gasteiger partial charge in [0.25, 0.3) is 0 Å². The fraction of sp³-hybridized carbons (Fsp3) is 0.0732. The zero-order chi connectivity index (χ0) is 32.8. The number of nitrogens with zero attached hydrogens (tertiary/aromatic N) is 4. The van der Waals surface area contributed by atoms with Crippen molar-refractivity contribution in [3.05, 3.63) is 190 Å². The summed E-state index contributed by atoms with van der Waals surface area (Å²) >= 11 is 0. The molecule has 0 N–H and O–H groups in total. The summed E-state index contributed by atoms with van der Waals surface area (Å²) in [6.07, 6.45) is 21.0. The van der Waals surface area contributed by atoms with Gasteiger partial charge in [-0.05, 0) is 85.7 Å². The Morgan fingerprint density at radius 1 is 0.571 bits per heavy atom. The van der Waals surface area contributed by atoms with Gasteiger partial charge in [-0.15, -0.1) is 5.76 Å². The minimum absolute atomic E-state index is 0. The Labute approximate surface area is 297 Å². The van der Waals surface area contributed by atoms with Crippen LogP contribution in [0.3, 0.4) is 0 Å². The fourth-order valence-corrected chi connectivity index (χ4v) is 6.07. The fourth-order valence-electron chi connectivity index (χ4n) is 6.07. The van der Waals surface area contributed by atoms with E-state index in [1.807, 2.05) is 129 Å². The van der Waals surface area contributed by atoms with Gasteiger partial charge >= 0.3 is 19.5 Å². The van der Waals surface area contributed by atoms with Gasteiger partial charge in [-0.25, -0.2) is 20.0 Å². The molecule has 2 aromatic carbocycles. The first kappa shape index (κ1) is 31.9. The summed E-state index contributed by atoms with van der Waals surface area (Å²) in [5.41, 5.74) is 10.6. The summed E-state index contributed by atoms with van der Waals surface area (Å²) in [4.78, 5) is 20.2. The number of aliphatic imine (C=N–C) groups is 4. The maximum Gasteiger partial charge on any atom is 2.00 e. The summed E-state index contributed by atoms with van der Waals surface area (Å²) in [7, 11) is 0. The number of fused-ring (bicyclic) bond motifs is 4. The largest absolute Gasteiger partial charge is 2.00 e. The van der Waals surface area contributed by atoms with Crippen LogP contribution in [0.2, 0.25) is 0 Å². The van der Waals surface area contributed by atoms with E-state index in [0.29, 0.717) is 17.0 Å². The van der Waals surface area contributed by atoms with Crippen molar-refractivity contribution in [2.75, 3.05) is 0 Å². The van der Waals surface area contributed by atoms with Gasteiger partial charge in [0.05, 0.1) is 51.7 Å². The molecule has 6 aliphatic rings. The number of rotatable bonds is 6. The first-order valence-electron chi connectivity index (χ1n) is 15.7. The van der Waals surface area contributed by atoms with E-state index in [1.165, 1.54) is 0 Å². The van der Waals surface area contributed by atoms with E-state index in [1.54, 1.807) is 12.2 Å². The van der Waals surface area contributed by atoms with Crippen molar-refractivity contribution in [1.29, 1.82) is 0 Å². The van der Waals surface area contributed by atoms with Crippen molar-refractivity contribution < 1.29 is 34.4 Å². The summed E-state index contributed by atoms with van der Waals surface area (Å²) < 4.78 is 5.69. The Morgan fingerprint density at radius 2 is 1.12 bits per heavy atom. The average Bonchev–Trinajstić information content (AvgIpc) is 3.93. The third-order valence-electron chi connectivity index (χ3n) is 8.27. The molecule has 2 aromatic rings. The molecule has 0 atom stereocenters. The predicted molar refractivity (Wildman–Crippen MR) is 188 cm³/mol. The van der Waals surface area contributed by atoms with Gasteiger partial charge in [0.15, 0.2) is 0 Å². The summed E-state index contributed by atoms with van der Waals surface area (Å²) in [6.45, 7) is 3.64. The topological polar surface area (TPSA) is 105 Å². The van der Waals surface area contributed by atoms with Crippen LogP contribution in [0.4, 0.5) is 0 Å². The molecule has 1 aliphatic carbocycles. The van der Waals surface area contributed by atoms with Gasteiger partial charge in [0, 0.05) is 22.3 Å². The van der Waals surface area contributed by atoms with E-state index in [9.17, 15) is 10.2 Å². The molecule has 5 heterocycles. The van der Waals surface area contributed by atoms with E-state index in [4.69, 9.17) is 24.7 Å². The van der Waals surface area contributed by atoms with Crippen molar-refractivity contribution in [3.8, 4) is 0 Å². The minimum atomic E-state index is -0.613. The Kier molecular flexibility index (Phi) is 8.49. The van der Waals surface area contributed by atoms with E-state index in [2.05, 4.69) is 0 Å². The molecule has 8 bridgehead atoms. The van der Waals surface area contributed by atoms with Crippen LogP contribution in [-0.4, -0.2) is 29.0 Å². The van der Waals surface area contributed by atoms with Crippen molar-refractivity contribution >= 4 is 34.0 Å². The number of benzene rings is 2. The van der Waals surface area contributed by atoms with Crippen LogP contribution in [-0.2, 0) is 24.2 Å². The molecule has 0 unspecified atom stereocenters. The molecule has 0 aromatic heterocycles. The molecule has 0 spiro atoms. The summed E-state index contributed by atoms with van der Waals surface area (Å²) in [6, 6.07) is 20.1. The van der Waals surface area contributed by atoms with E-state index in [-0.39, 0.29) is 36.9 Å². The summed E-state index contributed by atoms with van der Waals surface area (Å²) in [5.74, 6) is -1.10. The number of hydrogen-bond acceptors (Lipinski definition) is 7. The number of ether oxygens (including phenoxy) is 1. The van der Waals surface area contributed by atoms with E-state index in [0.717, 1.165) is 56.5 Å². The summed E-state index contributed by atoms with van der Waals surface area (Å²) in [5, 5.41) is 25.0. The number of allylic oxidation sites excluding steroid dienone is 14. The van der Waals surface area contributed by atoms with Crippen molar-refractivity contribution in [2.24, 2.45) is 20.0 Å². The molecular weight excluding hydrogens is 662 g/mol. The van der Waals surface area contributed by atoms with E-state index < -0.39 is 11.5 Å². The van der Waals surface area contributed by atoms with Gasteiger partial charge in [-0.2, -0.15) is 0 Å². The second-order valence-corrected chi connectivity index (χ2v) is 11.9. The first-order valence-corrected chi connectivity index (χ1v) is 15.7. The molecule has 0 radical (unpaired) electrons. The van der Waals surface area contributed by atoms with Crippen LogP contribution in [0.15, 0.2) is 199 Å². The first-order chi connectivity index (χ1) is 23.4. The van der Waals surface area contributed by atoms with Gasteiger partial charge in [0.1, 0.15) is 5.76 Å². The smallest absolute Gasteiger partial charge is 0.872 e. The molecule has 0 saturated carbocycles. The van der Waals surface area contributed by atoms with Crippen LogP contribution in [0.5, 0.6) is 0 Å². The maximum atomic E-state index is 12.6. The van der Waals surface area contributed by atoms with Crippen LogP contribution >= 0.6 is 0 Å². The third kappa shape index (κ3) is 5.96. The number of hydrogen-bond donors (Lipinski definition) is 0. The van der Waals surface area contributed by atoms with E-state index >= 15 is 0 Å². The van der Waals surface area contributed by atoms with Gasteiger partial charge in [-0.3, -0.25) is 0 Å². The molecule has 0 fully saturated rings. The quantitative estimate of drug-likeness (QED) is 0.338. The van der Waals surface area contributed by atoms with Gasteiger partial charge < -0.3 is 14.9 Å². The standard InChI is InChI=1S/C41H30N4O3.Zn/c1-24(2)48-41-30(39(46)40(41)47)16-15-29-31-19-21-35(44-31)37(25-9-5-3-6-10-25)33-17-13-27(42-33)23-28-14-18-34(43-28)38(26-11-7-4-8-12-26)36-22-20-32(29)45-36;/h3-24,46-47H,1-2H3;/q;+2/p-2/b16-15+,27-23?,28-23?,31-29?,32-29?,37-33?,37-35?,38-34?,38-36?;. The zero-order valence-corrected chi connectivity index (χ0v) is 29.9. The molecule has 7 nitrogen and oxygen atoms in total. The Balaban J connectivity index is 0.00000378. The Morgan fingerprint density at radius 3 is 1.82 bits per heavy atom. The van der Waals surface area contributed by atoms with Gasteiger partial charge in [0.2, 0.25) is 0 Å². The molecule has 8 heteroatoms. The third-order valence-corrected chi connectivity index (χ3v) is 8.27. The van der Waals surface area contributed by atoms with Crippen LogP contribution in [0, 0.1) is 0 Å². The molecule has 232 valence electrons. The van der Waals surface area contributed by atoms with Gasteiger partial charge in [-0.1, -0.05) is 72.5 Å². The zero-order valence-electron chi connectivity index (χ0n) is 26.9. The maximum absolute atomic E-state index is 12.6. The molecule has 0 saturated heterocycles. The SMILES string of the molecule is CC(C)OC1=C(/C=C/C2=C3C=CC(=N3)C(c3ccccc3)=C3C=CC(=N3)C=C3C=CC(=N3)C(c3ccccc3)=C3C=CC2=N3)C([O-])=C1[O-].[Zn+2]. The molecule has 5 aliphatic heterocycles. The molecular formula is C41H28N4O3Zn. The predicted octanol–water partition coefficient (Wildman–Crippen LogP) is 6.18. The van der Waals surface area contributed by atoms with Crippen LogP contribution < -0.4 is 10.2 Å². The Hall–Kier alpha value is -5.72. The second kappa shape index (κ2) is 13.1. The van der Waals surface area contributed by atoms with Crippen molar-refractivity contribution in [2.45, 2.75) is 20.0 Å². The normalized spacial score (nSPS) is 19.2. The minimum Gasteiger partial charge on any atom is -0.872 e. The average molecular weight is 690 g/mol. The van der Waals surface area contributed by atoms with Crippen LogP contribution in [0.25, 0.3) is 11.1 Å². The Bertz CT molecular complexity index is 2230. The van der Waals surface area contributed by atoms with Crippen molar-refractivity contribution in [3.63, 3.8) is 0 Å². The monoisotopic (exact) mass is 688 g/mol. The second-order valence-electron chi connectivity index (χ2n) is 11.9. The molecule has 0 amide bonds.